The van der Waals surface area contributed by atoms with E-state index >= 15 is 0 Å². The molecular formula is C18H22F6N6O2. The lowest BCUT2D eigenvalue weighted by Crippen LogP contribution is -2.44. The second-order valence-corrected chi connectivity index (χ2v) is 7.64. The van der Waals surface area contributed by atoms with Crippen molar-refractivity contribution in [1.29, 1.82) is 0 Å². The van der Waals surface area contributed by atoms with Crippen LogP contribution in [0.15, 0.2) is 29.3 Å². The zero-order chi connectivity index (χ0) is 23.7. The Hall–Kier alpha value is -2.42. The second kappa shape index (κ2) is 9.21. The summed E-state index contributed by atoms with van der Waals surface area (Å²) in [5.74, 6) is -2.06. The monoisotopic (exact) mass is 468 g/mol. The van der Waals surface area contributed by atoms with Crippen LogP contribution in [0.4, 0.5) is 32.0 Å². The Morgan fingerprint density at radius 1 is 1.16 bits per heavy atom. The Morgan fingerprint density at radius 3 is 2.44 bits per heavy atom. The molecule has 14 heteroatoms. The van der Waals surface area contributed by atoms with Crippen molar-refractivity contribution in [3.63, 3.8) is 0 Å². The lowest BCUT2D eigenvalue weighted by Gasteiger charge is -2.20. The van der Waals surface area contributed by atoms with Gasteiger partial charge in [-0.2, -0.15) is 31.8 Å². The van der Waals surface area contributed by atoms with E-state index in [1.807, 2.05) is 0 Å². The molecule has 8 nitrogen and oxygen atoms in total. The van der Waals surface area contributed by atoms with Gasteiger partial charge in [-0.3, -0.25) is 14.9 Å². The minimum absolute atomic E-state index is 0.0660. The third-order valence-electron chi connectivity index (χ3n) is 5.00. The van der Waals surface area contributed by atoms with E-state index in [9.17, 15) is 31.1 Å². The van der Waals surface area contributed by atoms with Crippen molar-refractivity contribution >= 4 is 17.6 Å². The third-order valence-corrected chi connectivity index (χ3v) is 5.00. The van der Waals surface area contributed by atoms with E-state index in [0.29, 0.717) is 6.42 Å². The molecule has 2 saturated heterocycles. The fraction of sp³-hybridized carbons (Fsp3) is 0.556. The predicted octanol–water partition coefficient (Wildman–Crippen LogP) is 2.27. The number of anilines is 1. The zero-order valence-corrected chi connectivity index (χ0v) is 16.9. The van der Waals surface area contributed by atoms with E-state index in [1.54, 1.807) is 6.92 Å². The molecule has 1 aromatic rings. The van der Waals surface area contributed by atoms with Crippen LogP contribution in [-0.2, 0) is 15.8 Å². The highest BCUT2D eigenvalue weighted by Gasteiger charge is 2.49. The van der Waals surface area contributed by atoms with Crippen LogP contribution in [0.3, 0.4) is 0 Å². The number of carbonyl (C=O) groups excluding carboxylic acids is 1. The molecule has 0 aromatic heterocycles. The summed E-state index contributed by atoms with van der Waals surface area (Å²) in [6.07, 6.45) is -10.9. The first-order valence-corrected chi connectivity index (χ1v) is 9.66. The summed E-state index contributed by atoms with van der Waals surface area (Å²) in [6, 6.07) is 2.09. The number of amides is 1. The van der Waals surface area contributed by atoms with Crippen LogP contribution in [0.1, 0.15) is 25.8 Å². The highest BCUT2D eigenvalue weighted by atomic mass is 19.4. The van der Waals surface area contributed by atoms with Gasteiger partial charge in [0.2, 0.25) is 5.96 Å². The van der Waals surface area contributed by atoms with Gasteiger partial charge in [0, 0.05) is 24.1 Å². The van der Waals surface area contributed by atoms with Gasteiger partial charge in [0.05, 0.1) is 5.56 Å². The van der Waals surface area contributed by atoms with Crippen LogP contribution >= 0.6 is 0 Å². The summed E-state index contributed by atoms with van der Waals surface area (Å²) in [4.78, 5) is 21.7. The topological polar surface area (TPSA) is 98.8 Å². The zero-order valence-electron chi connectivity index (χ0n) is 16.9. The molecule has 0 bridgehead atoms. The standard InChI is InChI=1S/C18H22F6N6O2/c1-8-6-12(32-30-8)15(31)27-16(25-11-5-3-4-10(7-11)17(19,20)21)26-14-9(2)13(28-29-14)18(22,23)24/h3-5,7-9,12-14,28-30H,6H2,1-2H3,(H2,25,26,27,31). The Morgan fingerprint density at radius 2 is 1.88 bits per heavy atom. The maximum atomic E-state index is 13.1. The summed E-state index contributed by atoms with van der Waals surface area (Å²) in [7, 11) is 0. The van der Waals surface area contributed by atoms with E-state index < -0.39 is 48.1 Å². The van der Waals surface area contributed by atoms with Crippen LogP contribution in [0.2, 0.25) is 0 Å². The molecule has 5 N–H and O–H groups in total. The molecule has 178 valence electrons. The SMILES string of the molecule is CC1CC(C(=O)NC(=NC2NNC(C(F)(F)F)C2C)Nc2cccc(C(F)(F)F)c2)ON1. The molecule has 3 rings (SSSR count). The van der Waals surface area contributed by atoms with Gasteiger partial charge in [-0.1, -0.05) is 13.0 Å². The van der Waals surface area contributed by atoms with Crippen LogP contribution in [0.25, 0.3) is 0 Å². The summed E-state index contributed by atoms with van der Waals surface area (Å²) >= 11 is 0. The van der Waals surface area contributed by atoms with Crippen molar-refractivity contribution in [3.8, 4) is 0 Å². The number of nitrogens with zero attached hydrogens (tertiary/aromatic N) is 1. The largest absolute Gasteiger partial charge is 0.416 e. The molecule has 2 fully saturated rings. The molecule has 2 aliphatic rings. The highest BCUT2D eigenvalue weighted by molar-refractivity contribution is 6.05. The molecule has 2 aliphatic heterocycles. The molecule has 0 radical (unpaired) electrons. The molecule has 5 atom stereocenters. The van der Waals surface area contributed by atoms with Gasteiger partial charge >= 0.3 is 12.4 Å². The number of hydroxylamine groups is 1. The van der Waals surface area contributed by atoms with Gasteiger partial charge in [-0.25, -0.2) is 15.8 Å². The summed E-state index contributed by atoms with van der Waals surface area (Å²) in [6.45, 7) is 3.07. The number of alkyl halides is 6. The maximum absolute atomic E-state index is 13.1. The van der Waals surface area contributed by atoms with Gasteiger partial charge in [-0.15, -0.1) is 0 Å². The van der Waals surface area contributed by atoms with E-state index in [1.165, 1.54) is 13.0 Å². The second-order valence-electron chi connectivity index (χ2n) is 7.64. The lowest BCUT2D eigenvalue weighted by molar-refractivity contribution is -0.160. The number of hydrazine groups is 1. The van der Waals surface area contributed by atoms with E-state index in [0.717, 1.165) is 18.2 Å². The molecule has 1 amide bonds. The van der Waals surface area contributed by atoms with Crippen molar-refractivity contribution in [3.05, 3.63) is 29.8 Å². The van der Waals surface area contributed by atoms with Crippen LogP contribution in [0, 0.1) is 5.92 Å². The van der Waals surface area contributed by atoms with Gasteiger partial charge in [0.15, 0.2) is 6.10 Å². The van der Waals surface area contributed by atoms with Crippen molar-refractivity contribution in [2.75, 3.05) is 5.32 Å². The third kappa shape index (κ3) is 5.88. The molecule has 2 heterocycles. The molecular weight excluding hydrogens is 446 g/mol. The number of halogens is 6. The fourth-order valence-electron chi connectivity index (χ4n) is 3.27. The maximum Gasteiger partial charge on any atom is 0.416 e. The van der Waals surface area contributed by atoms with Crippen LogP contribution < -0.4 is 27.0 Å². The minimum Gasteiger partial charge on any atom is -0.326 e. The highest BCUT2D eigenvalue weighted by Crippen LogP contribution is 2.32. The number of nitrogens with one attached hydrogen (secondary N) is 5. The van der Waals surface area contributed by atoms with Crippen molar-refractivity contribution in [1.82, 2.24) is 21.6 Å². The van der Waals surface area contributed by atoms with Crippen LogP contribution in [0.5, 0.6) is 0 Å². The Balaban J connectivity index is 1.83. The first-order chi connectivity index (χ1) is 14.8. The minimum atomic E-state index is -4.61. The predicted molar refractivity (Wildman–Crippen MR) is 102 cm³/mol. The van der Waals surface area contributed by atoms with Crippen molar-refractivity contribution in [2.24, 2.45) is 10.9 Å². The number of benzene rings is 1. The molecule has 1 aromatic carbocycles. The Kier molecular flexibility index (Phi) is 6.97. The first-order valence-electron chi connectivity index (χ1n) is 9.66. The number of rotatable bonds is 3. The van der Waals surface area contributed by atoms with Gasteiger partial charge in [0.1, 0.15) is 12.2 Å². The van der Waals surface area contributed by atoms with E-state index in [2.05, 4.69) is 32.0 Å². The van der Waals surface area contributed by atoms with E-state index in [-0.39, 0.29) is 17.7 Å². The molecule has 32 heavy (non-hydrogen) atoms. The molecule has 0 saturated carbocycles. The summed E-state index contributed by atoms with van der Waals surface area (Å²) < 4.78 is 78.4. The summed E-state index contributed by atoms with van der Waals surface area (Å²) in [5.41, 5.74) is 6.09. The average Bonchev–Trinajstić information content (AvgIpc) is 3.27. The number of hydrogen-bond acceptors (Lipinski definition) is 6. The number of carbonyl (C=O) groups is 1. The lowest BCUT2D eigenvalue weighted by atomic mass is 10.0. The van der Waals surface area contributed by atoms with Crippen LogP contribution in [-0.4, -0.2) is 42.4 Å². The number of hydrogen-bond donors (Lipinski definition) is 5. The molecule has 5 unspecified atom stereocenters. The van der Waals surface area contributed by atoms with Gasteiger partial charge in [-0.05, 0) is 25.1 Å². The summed E-state index contributed by atoms with van der Waals surface area (Å²) in [5, 5.41) is 4.94. The normalized spacial score (nSPS) is 29.2. The van der Waals surface area contributed by atoms with Crippen molar-refractivity contribution in [2.45, 2.75) is 57.0 Å². The van der Waals surface area contributed by atoms with Gasteiger partial charge in [0.25, 0.3) is 5.91 Å². The average molecular weight is 468 g/mol. The Labute approximate surface area is 179 Å². The first kappa shape index (κ1) is 24.2. The molecule has 0 spiro atoms. The van der Waals surface area contributed by atoms with Gasteiger partial charge < -0.3 is 5.32 Å². The fourth-order valence-corrected chi connectivity index (χ4v) is 3.27. The number of aliphatic imine (C=N–C) groups is 1. The van der Waals surface area contributed by atoms with Crippen molar-refractivity contribution < 1.29 is 36.0 Å². The Bertz CT molecular complexity index is 861. The number of guanidine groups is 1. The quantitative estimate of drug-likeness (QED) is 0.265. The molecule has 0 aliphatic carbocycles. The smallest absolute Gasteiger partial charge is 0.326 e. The van der Waals surface area contributed by atoms with E-state index in [4.69, 9.17) is 4.84 Å².